The molecule has 0 radical (unpaired) electrons. The number of benzene rings is 2. The van der Waals surface area contributed by atoms with Crippen molar-refractivity contribution in [2.24, 2.45) is 0 Å². The fraction of sp³-hybridized carbons (Fsp3) is 0.182. The maximum atomic E-state index is 12.1. The van der Waals surface area contributed by atoms with Crippen LogP contribution in [0, 0.1) is 11.3 Å². The van der Waals surface area contributed by atoms with Crippen molar-refractivity contribution < 1.29 is 19.0 Å². The predicted molar refractivity (Wildman–Crippen MR) is 116 cm³/mol. The molecule has 1 heterocycles. The van der Waals surface area contributed by atoms with Gasteiger partial charge in [-0.05, 0) is 48.7 Å². The second-order valence-corrected chi connectivity index (χ2v) is 6.95. The lowest BCUT2D eigenvalue weighted by atomic mass is 10.1. The Balaban J connectivity index is 1.61. The zero-order chi connectivity index (χ0) is 22.2. The highest BCUT2D eigenvalue weighted by Crippen LogP contribution is 2.24. The van der Waals surface area contributed by atoms with E-state index in [9.17, 15) is 14.9 Å². The average Bonchev–Trinajstić information content (AvgIpc) is 2.81. The fourth-order valence-electron chi connectivity index (χ4n) is 2.72. The third-order valence-corrected chi connectivity index (χ3v) is 4.79. The molecule has 0 fully saturated rings. The van der Waals surface area contributed by atoms with Gasteiger partial charge in [-0.1, -0.05) is 17.8 Å². The number of esters is 1. The van der Waals surface area contributed by atoms with Gasteiger partial charge in [-0.3, -0.25) is 4.79 Å². The molecule has 2 aromatic carbocycles. The van der Waals surface area contributed by atoms with Crippen molar-refractivity contribution in [1.29, 1.82) is 5.26 Å². The molecule has 8 nitrogen and oxygen atoms in total. The van der Waals surface area contributed by atoms with Crippen LogP contribution in [0.15, 0.2) is 58.5 Å². The number of hydrogen-bond acceptors (Lipinski definition) is 8. The number of aromatic nitrogens is 2. The van der Waals surface area contributed by atoms with Crippen molar-refractivity contribution in [3.05, 3.63) is 70.0 Å². The lowest BCUT2D eigenvalue weighted by molar-refractivity contribution is 0.0600. The van der Waals surface area contributed by atoms with Crippen LogP contribution in [0.5, 0.6) is 11.5 Å². The van der Waals surface area contributed by atoms with Gasteiger partial charge in [0.05, 0.1) is 18.4 Å². The summed E-state index contributed by atoms with van der Waals surface area (Å²) in [5, 5.41) is 9.73. The lowest BCUT2D eigenvalue weighted by Gasteiger charge is -2.10. The Morgan fingerprint density at radius 3 is 2.48 bits per heavy atom. The van der Waals surface area contributed by atoms with Crippen LogP contribution in [0.4, 0.5) is 0 Å². The van der Waals surface area contributed by atoms with Gasteiger partial charge in [-0.25, -0.2) is 9.78 Å². The molecule has 0 aliphatic carbocycles. The molecule has 3 aromatic rings. The van der Waals surface area contributed by atoms with Crippen LogP contribution in [0.1, 0.15) is 15.9 Å². The van der Waals surface area contributed by atoms with Gasteiger partial charge >= 0.3 is 5.97 Å². The number of carbonyl (C=O) groups excluding carboxylic acids is 1. The minimum atomic E-state index is -0.467. The summed E-state index contributed by atoms with van der Waals surface area (Å²) in [5.74, 6) is 0.709. The first kappa shape index (κ1) is 21.9. The van der Waals surface area contributed by atoms with Gasteiger partial charge in [-0.2, -0.15) is 5.26 Å². The summed E-state index contributed by atoms with van der Waals surface area (Å²) in [6, 6.07) is 15.5. The van der Waals surface area contributed by atoms with Crippen molar-refractivity contribution in [3.8, 4) is 28.8 Å². The van der Waals surface area contributed by atoms with E-state index in [1.807, 2.05) is 6.07 Å². The molecule has 1 aromatic heterocycles. The Morgan fingerprint density at radius 2 is 1.84 bits per heavy atom. The highest BCUT2D eigenvalue weighted by Gasteiger charge is 2.13. The standard InChI is InChI=1S/C22H19N3O5S/c1-28-21(27)15-4-3-5-17(12-15)30-11-10-29-16-8-6-14(7-9-16)19-18(13-23)20(26)25-22(24-19)31-2/h3-9,12H,10-11H2,1-2H3,(H,24,25,26). The highest BCUT2D eigenvalue weighted by molar-refractivity contribution is 7.98. The molecule has 0 spiro atoms. The number of ether oxygens (including phenoxy) is 3. The third-order valence-electron chi connectivity index (χ3n) is 4.21. The fourth-order valence-corrected chi connectivity index (χ4v) is 3.10. The van der Waals surface area contributed by atoms with Gasteiger partial charge in [0.25, 0.3) is 5.56 Å². The summed E-state index contributed by atoms with van der Waals surface area (Å²) in [7, 11) is 1.32. The number of methoxy groups -OCH3 is 1. The molecule has 0 aliphatic heterocycles. The van der Waals surface area contributed by atoms with Crippen LogP contribution < -0.4 is 15.0 Å². The second-order valence-electron chi connectivity index (χ2n) is 6.15. The lowest BCUT2D eigenvalue weighted by Crippen LogP contribution is -2.14. The normalized spacial score (nSPS) is 10.2. The van der Waals surface area contributed by atoms with Gasteiger partial charge in [0.15, 0.2) is 5.16 Å². The first-order valence-corrected chi connectivity index (χ1v) is 10.4. The van der Waals surface area contributed by atoms with Crippen LogP contribution in [-0.2, 0) is 4.74 Å². The highest BCUT2D eigenvalue weighted by atomic mass is 32.2. The number of H-pyrrole nitrogens is 1. The molecule has 0 unspecified atom stereocenters. The van der Waals surface area contributed by atoms with Crippen molar-refractivity contribution in [3.63, 3.8) is 0 Å². The van der Waals surface area contributed by atoms with Crippen LogP contribution in [-0.4, -0.2) is 42.5 Å². The number of nitrogens with one attached hydrogen (secondary N) is 1. The SMILES string of the molecule is COC(=O)c1cccc(OCCOc2ccc(-c3nc(SC)[nH]c(=O)c3C#N)cc2)c1. The Kier molecular flexibility index (Phi) is 7.30. The number of nitriles is 1. The van der Waals surface area contributed by atoms with Crippen LogP contribution in [0.2, 0.25) is 0 Å². The molecule has 0 amide bonds. The summed E-state index contributed by atoms with van der Waals surface area (Å²) < 4.78 is 16.0. The van der Waals surface area contributed by atoms with Crippen molar-refractivity contribution >= 4 is 17.7 Å². The Hall–Kier alpha value is -3.77. The Bertz CT molecular complexity index is 1170. The van der Waals surface area contributed by atoms with Crippen molar-refractivity contribution in [2.45, 2.75) is 5.16 Å². The molecular weight excluding hydrogens is 418 g/mol. The molecular formula is C22H19N3O5S. The van der Waals surface area contributed by atoms with E-state index in [1.165, 1.54) is 18.9 Å². The number of nitrogens with zero attached hydrogens (tertiary/aromatic N) is 2. The van der Waals surface area contributed by atoms with E-state index >= 15 is 0 Å². The van der Waals surface area contributed by atoms with Crippen LogP contribution in [0.25, 0.3) is 11.3 Å². The maximum Gasteiger partial charge on any atom is 0.337 e. The van der Waals surface area contributed by atoms with E-state index in [0.29, 0.717) is 33.5 Å². The monoisotopic (exact) mass is 437 g/mol. The molecule has 9 heteroatoms. The number of carbonyl (C=O) groups is 1. The smallest absolute Gasteiger partial charge is 0.337 e. The largest absolute Gasteiger partial charge is 0.490 e. The molecule has 1 N–H and O–H groups in total. The molecule has 158 valence electrons. The maximum absolute atomic E-state index is 12.1. The number of aromatic amines is 1. The first-order valence-electron chi connectivity index (χ1n) is 9.18. The minimum absolute atomic E-state index is 0.0333. The Labute approximate surface area is 182 Å². The van der Waals surface area contributed by atoms with E-state index in [4.69, 9.17) is 9.47 Å². The molecule has 0 aliphatic rings. The second kappa shape index (κ2) is 10.3. The van der Waals surface area contributed by atoms with Gasteiger partial charge in [-0.15, -0.1) is 0 Å². The molecule has 3 rings (SSSR count). The van der Waals surface area contributed by atoms with Crippen LogP contribution >= 0.6 is 11.8 Å². The molecule has 0 bridgehead atoms. The predicted octanol–water partition coefficient (Wildman–Crippen LogP) is 3.27. The van der Waals surface area contributed by atoms with E-state index in [0.717, 1.165) is 0 Å². The summed E-state index contributed by atoms with van der Waals surface area (Å²) in [4.78, 5) is 30.5. The first-order chi connectivity index (χ1) is 15.0. The minimum Gasteiger partial charge on any atom is -0.490 e. The van der Waals surface area contributed by atoms with E-state index in [2.05, 4.69) is 14.7 Å². The summed E-state index contributed by atoms with van der Waals surface area (Å²) in [5.41, 5.74) is 0.878. The van der Waals surface area contributed by atoms with Gasteiger partial charge < -0.3 is 19.2 Å². The van der Waals surface area contributed by atoms with E-state index < -0.39 is 11.5 Å². The zero-order valence-corrected chi connectivity index (χ0v) is 17.7. The summed E-state index contributed by atoms with van der Waals surface area (Å²) in [6.07, 6.45) is 1.79. The average molecular weight is 437 g/mol. The number of rotatable bonds is 8. The van der Waals surface area contributed by atoms with Gasteiger partial charge in [0.2, 0.25) is 0 Å². The zero-order valence-electron chi connectivity index (χ0n) is 16.9. The molecule has 31 heavy (non-hydrogen) atoms. The van der Waals surface area contributed by atoms with E-state index in [1.54, 1.807) is 54.8 Å². The van der Waals surface area contributed by atoms with Crippen LogP contribution in [0.3, 0.4) is 0 Å². The number of thioether (sulfide) groups is 1. The third kappa shape index (κ3) is 5.43. The molecule has 0 saturated heterocycles. The topological polar surface area (TPSA) is 114 Å². The number of hydrogen-bond donors (Lipinski definition) is 1. The molecule has 0 atom stereocenters. The Morgan fingerprint density at radius 1 is 1.13 bits per heavy atom. The van der Waals surface area contributed by atoms with Crippen molar-refractivity contribution in [1.82, 2.24) is 9.97 Å². The summed E-state index contributed by atoms with van der Waals surface area (Å²) >= 11 is 1.29. The summed E-state index contributed by atoms with van der Waals surface area (Å²) in [6.45, 7) is 0.558. The van der Waals surface area contributed by atoms with E-state index in [-0.39, 0.29) is 18.8 Å². The molecule has 0 saturated carbocycles. The van der Waals surface area contributed by atoms with Gasteiger partial charge in [0, 0.05) is 5.56 Å². The van der Waals surface area contributed by atoms with Gasteiger partial charge in [0.1, 0.15) is 36.3 Å². The van der Waals surface area contributed by atoms with Crippen molar-refractivity contribution in [2.75, 3.05) is 26.6 Å². The quantitative estimate of drug-likeness (QED) is 0.247.